The topological polar surface area (TPSA) is 121 Å². The van der Waals surface area contributed by atoms with Gasteiger partial charge in [-0.25, -0.2) is 13.8 Å². The minimum absolute atomic E-state index is 0.00805. The minimum Gasteiger partial charge on any atom is -0.494 e. The van der Waals surface area contributed by atoms with Crippen molar-refractivity contribution in [1.29, 1.82) is 5.26 Å². The van der Waals surface area contributed by atoms with Crippen molar-refractivity contribution in [1.82, 2.24) is 20.1 Å². The Morgan fingerprint density at radius 2 is 2.00 bits per heavy atom. The van der Waals surface area contributed by atoms with Gasteiger partial charge in [0.05, 0.1) is 37.0 Å². The second kappa shape index (κ2) is 9.50. The molecule has 2 unspecified atom stereocenters. The maximum Gasteiger partial charge on any atom is 0.256 e. The molecule has 4 aromatic rings. The molecule has 3 atom stereocenters. The number of methoxy groups -OCH3 is 1. The van der Waals surface area contributed by atoms with Gasteiger partial charge in [0.25, 0.3) is 5.91 Å². The highest BCUT2D eigenvalue weighted by molar-refractivity contribution is 6.00. The summed E-state index contributed by atoms with van der Waals surface area (Å²) in [5.41, 5.74) is 0.520. The van der Waals surface area contributed by atoms with E-state index in [2.05, 4.69) is 21.3 Å². The van der Waals surface area contributed by atoms with Gasteiger partial charge in [0.15, 0.2) is 5.60 Å². The van der Waals surface area contributed by atoms with Gasteiger partial charge >= 0.3 is 0 Å². The molecule has 0 radical (unpaired) electrons. The summed E-state index contributed by atoms with van der Waals surface area (Å²) < 4.78 is 40.6. The fourth-order valence-corrected chi connectivity index (χ4v) is 5.13. The van der Waals surface area contributed by atoms with Crippen LogP contribution in [0.3, 0.4) is 0 Å². The fraction of sp³-hybridized carbons (Fsp3) is 0.276. The lowest BCUT2D eigenvalue weighted by Crippen LogP contribution is -2.67. The Bertz CT molecular complexity index is 1710. The number of nitriles is 1. The second-order valence-electron chi connectivity index (χ2n) is 9.99. The van der Waals surface area contributed by atoms with Gasteiger partial charge in [-0.15, -0.1) is 5.10 Å². The molecular weight excluding hydrogens is 520 g/mol. The molecule has 2 aromatic heterocycles. The van der Waals surface area contributed by atoms with Crippen LogP contribution in [-0.2, 0) is 12.0 Å². The van der Waals surface area contributed by atoms with Crippen molar-refractivity contribution in [3.8, 4) is 28.8 Å². The summed E-state index contributed by atoms with van der Waals surface area (Å²) in [6, 6.07) is 14.0. The van der Waals surface area contributed by atoms with Gasteiger partial charge < -0.3 is 19.5 Å². The average molecular weight is 544 g/mol. The number of alkyl halides is 1. The number of aliphatic hydroxyl groups is 1. The van der Waals surface area contributed by atoms with E-state index in [9.17, 15) is 19.6 Å². The summed E-state index contributed by atoms with van der Waals surface area (Å²) in [5, 5.41) is 29.6. The van der Waals surface area contributed by atoms with E-state index < -0.39 is 29.5 Å². The van der Waals surface area contributed by atoms with Crippen molar-refractivity contribution in [2.75, 3.05) is 20.3 Å². The highest BCUT2D eigenvalue weighted by Gasteiger charge is 2.57. The maximum absolute atomic E-state index is 15.8. The van der Waals surface area contributed by atoms with Crippen LogP contribution in [0.15, 0.2) is 48.5 Å². The molecule has 2 aromatic carbocycles. The predicted octanol–water partition coefficient (Wildman–Crippen LogP) is 3.86. The zero-order valence-electron chi connectivity index (χ0n) is 21.6. The highest BCUT2D eigenvalue weighted by atomic mass is 19.1. The summed E-state index contributed by atoms with van der Waals surface area (Å²) in [4.78, 5) is 18.8. The molecule has 0 aliphatic carbocycles. The third-order valence-electron chi connectivity index (χ3n) is 7.27. The highest BCUT2D eigenvalue weighted by Crippen LogP contribution is 2.44. The fourth-order valence-electron chi connectivity index (χ4n) is 5.13. The minimum atomic E-state index is -2.11. The van der Waals surface area contributed by atoms with Crippen LogP contribution in [0.4, 0.5) is 8.78 Å². The van der Waals surface area contributed by atoms with E-state index in [-0.39, 0.29) is 24.4 Å². The maximum atomic E-state index is 15.8. The first kappa shape index (κ1) is 25.6. The first-order valence-electron chi connectivity index (χ1n) is 12.5. The molecule has 1 amide bonds. The standard InChI is InChI=1S/C29H23F2N5O4/c1-15-7-18-9-20(10-22(39-2)24(18)35-34-15)27(37)36-14-29(38,28(36)31)23-11-19-8-16(12-32)13-40-26(19)25(33-23)17-3-5-21(30)6-4-17/h3-7,9-11,16,28,38H,8,13-14H2,1-2H3/t16?,28?,29-/m0/s1. The number of ether oxygens (including phenoxy) is 2. The Morgan fingerprint density at radius 1 is 1.23 bits per heavy atom. The number of amides is 1. The van der Waals surface area contributed by atoms with Gasteiger partial charge in [-0.05, 0) is 67.4 Å². The van der Waals surface area contributed by atoms with Crippen LogP contribution >= 0.6 is 0 Å². The number of fused-ring (bicyclic) bond motifs is 2. The van der Waals surface area contributed by atoms with Crippen LogP contribution in [0.5, 0.6) is 11.5 Å². The van der Waals surface area contributed by atoms with Crippen molar-refractivity contribution < 1.29 is 28.2 Å². The van der Waals surface area contributed by atoms with Gasteiger partial charge in [0.1, 0.15) is 35.1 Å². The van der Waals surface area contributed by atoms with Gasteiger partial charge in [-0.2, -0.15) is 10.4 Å². The summed E-state index contributed by atoms with van der Waals surface area (Å²) in [6.45, 7) is 1.55. The molecule has 1 fully saturated rings. The van der Waals surface area contributed by atoms with Crippen molar-refractivity contribution >= 4 is 16.8 Å². The van der Waals surface area contributed by atoms with E-state index in [1.807, 2.05) is 0 Å². The number of hydrogen-bond acceptors (Lipinski definition) is 8. The Balaban J connectivity index is 1.36. The van der Waals surface area contributed by atoms with Gasteiger partial charge in [0.2, 0.25) is 6.30 Å². The summed E-state index contributed by atoms with van der Waals surface area (Å²) >= 11 is 0. The monoisotopic (exact) mass is 543 g/mol. The van der Waals surface area contributed by atoms with Crippen LogP contribution in [0, 0.1) is 30.0 Å². The van der Waals surface area contributed by atoms with Crippen molar-refractivity contribution in [3.05, 3.63) is 76.9 Å². The number of carbonyl (C=O) groups is 1. The van der Waals surface area contributed by atoms with Gasteiger partial charge in [-0.3, -0.25) is 4.79 Å². The number of halogens is 2. The molecule has 2 aliphatic heterocycles. The summed E-state index contributed by atoms with van der Waals surface area (Å²) in [5.74, 6) is -0.809. The largest absolute Gasteiger partial charge is 0.494 e. The number of hydrogen-bond donors (Lipinski definition) is 1. The molecule has 0 saturated carbocycles. The molecule has 1 saturated heterocycles. The van der Waals surface area contributed by atoms with E-state index >= 15 is 4.39 Å². The summed E-state index contributed by atoms with van der Waals surface area (Å²) in [6.07, 6.45) is -1.80. The first-order valence-corrected chi connectivity index (χ1v) is 12.5. The van der Waals surface area contributed by atoms with E-state index in [4.69, 9.17) is 9.47 Å². The molecule has 9 nitrogen and oxygen atoms in total. The van der Waals surface area contributed by atoms with Crippen LogP contribution in [0.2, 0.25) is 0 Å². The Labute approximate surface area is 227 Å². The Kier molecular flexibility index (Phi) is 6.07. The number of nitrogens with zero attached hydrogens (tertiary/aromatic N) is 5. The number of aryl methyl sites for hydroxylation is 1. The van der Waals surface area contributed by atoms with Gasteiger partial charge in [-0.1, -0.05) is 0 Å². The van der Waals surface area contributed by atoms with Crippen LogP contribution in [0.1, 0.15) is 27.3 Å². The lowest BCUT2D eigenvalue weighted by atomic mass is 9.85. The lowest BCUT2D eigenvalue weighted by Gasteiger charge is -2.49. The van der Waals surface area contributed by atoms with Crippen LogP contribution in [-0.4, -0.2) is 57.7 Å². The zero-order chi connectivity index (χ0) is 28.2. The molecule has 2 aliphatic rings. The van der Waals surface area contributed by atoms with E-state index in [1.165, 1.54) is 43.5 Å². The smallest absolute Gasteiger partial charge is 0.256 e. The Hall–Kier alpha value is -4.69. The van der Waals surface area contributed by atoms with Crippen molar-refractivity contribution in [3.63, 3.8) is 0 Å². The molecule has 11 heteroatoms. The predicted molar refractivity (Wildman–Crippen MR) is 139 cm³/mol. The number of β-amino-alcohol motifs (C(OH)–C–C–N with tert-alkyl or cyclic N) is 1. The molecular formula is C29H23F2N5O4. The SMILES string of the molecule is COc1cc(C(=O)N2C[C@](O)(c3cc4c(c(-c5ccc(F)cc5)n3)OCC(C#N)C4)C2F)cc2cc(C)nnc12. The molecule has 0 spiro atoms. The number of pyridine rings is 1. The van der Waals surface area contributed by atoms with Crippen molar-refractivity contribution in [2.45, 2.75) is 25.2 Å². The van der Waals surface area contributed by atoms with E-state index in [0.717, 1.165) is 4.90 Å². The number of carbonyl (C=O) groups excluding carboxylic acids is 1. The number of benzene rings is 2. The zero-order valence-corrected chi connectivity index (χ0v) is 21.6. The number of aromatic nitrogens is 3. The van der Waals surface area contributed by atoms with Crippen molar-refractivity contribution in [2.24, 2.45) is 5.92 Å². The molecule has 1 N–H and O–H groups in total. The molecule has 4 heterocycles. The lowest BCUT2D eigenvalue weighted by molar-refractivity contribution is -0.193. The van der Waals surface area contributed by atoms with E-state index in [0.29, 0.717) is 51.3 Å². The second-order valence-corrected chi connectivity index (χ2v) is 9.99. The normalized spacial score (nSPS) is 21.6. The molecule has 6 rings (SSSR count). The Morgan fingerprint density at radius 3 is 2.70 bits per heavy atom. The summed E-state index contributed by atoms with van der Waals surface area (Å²) in [7, 11) is 1.44. The molecule has 202 valence electrons. The third-order valence-corrected chi connectivity index (χ3v) is 7.27. The average Bonchev–Trinajstić information content (AvgIpc) is 2.97. The quantitative estimate of drug-likeness (QED) is 0.385. The first-order chi connectivity index (χ1) is 19.2. The molecule has 0 bridgehead atoms. The van der Waals surface area contributed by atoms with Crippen LogP contribution in [0.25, 0.3) is 22.2 Å². The van der Waals surface area contributed by atoms with Crippen LogP contribution < -0.4 is 9.47 Å². The van der Waals surface area contributed by atoms with E-state index in [1.54, 1.807) is 19.1 Å². The third kappa shape index (κ3) is 4.08. The number of likely N-dealkylation sites (tertiary alicyclic amines) is 1. The van der Waals surface area contributed by atoms with Gasteiger partial charge in [0, 0.05) is 16.5 Å². The molecule has 40 heavy (non-hydrogen) atoms. The number of rotatable bonds is 4.